The molecule has 1 heterocycles. The van der Waals surface area contributed by atoms with E-state index in [0.29, 0.717) is 17.8 Å². The third-order valence-corrected chi connectivity index (χ3v) is 4.28. The van der Waals surface area contributed by atoms with E-state index in [4.69, 9.17) is 0 Å². The first-order valence-electron chi connectivity index (χ1n) is 8.62. The van der Waals surface area contributed by atoms with E-state index in [-0.39, 0.29) is 12.5 Å². The first-order chi connectivity index (χ1) is 14.3. The second kappa shape index (κ2) is 9.23. The van der Waals surface area contributed by atoms with E-state index >= 15 is 0 Å². The number of rotatable bonds is 6. The Labute approximate surface area is 172 Å². The van der Waals surface area contributed by atoms with Crippen LogP contribution in [0.1, 0.15) is 22.4 Å². The lowest BCUT2D eigenvalue weighted by molar-refractivity contribution is -0.150. The average molecular weight is 449 g/mol. The molecule has 0 unspecified atom stereocenters. The van der Waals surface area contributed by atoms with Crippen molar-refractivity contribution in [3.8, 4) is 0 Å². The number of carbonyl (C=O) groups excluding carboxylic acids is 2. The average Bonchev–Trinajstić information content (AvgIpc) is 3.20. The van der Waals surface area contributed by atoms with Crippen LogP contribution in [0.15, 0.2) is 36.8 Å². The van der Waals surface area contributed by atoms with Gasteiger partial charge in [-0.2, -0.15) is 26.3 Å². The number of hydrogen-bond acceptors (Lipinski definition) is 4. The monoisotopic (exact) mass is 449 g/mol. The van der Waals surface area contributed by atoms with Crippen LogP contribution in [0.2, 0.25) is 0 Å². The van der Waals surface area contributed by atoms with E-state index < -0.39 is 47.0 Å². The van der Waals surface area contributed by atoms with Crippen LogP contribution in [0.3, 0.4) is 0 Å². The fourth-order valence-corrected chi connectivity index (χ4v) is 2.63. The second-order valence-electron chi connectivity index (χ2n) is 6.44. The van der Waals surface area contributed by atoms with Crippen LogP contribution < -0.4 is 0 Å². The van der Waals surface area contributed by atoms with Crippen LogP contribution in [-0.2, 0) is 33.1 Å². The molecular weight excluding hydrogens is 432 g/mol. The Morgan fingerprint density at radius 2 is 1.71 bits per heavy atom. The summed E-state index contributed by atoms with van der Waals surface area (Å²) < 4.78 is 82.4. The highest BCUT2D eigenvalue weighted by Gasteiger charge is 2.36. The fraction of sp³-hybridized carbons (Fsp3) is 0.316. The van der Waals surface area contributed by atoms with Crippen LogP contribution in [0.25, 0.3) is 6.08 Å². The number of ether oxygens (including phenoxy) is 1. The zero-order valence-electron chi connectivity index (χ0n) is 16.2. The van der Waals surface area contributed by atoms with E-state index in [1.165, 1.54) is 19.6 Å². The quantitative estimate of drug-likeness (QED) is 0.415. The van der Waals surface area contributed by atoms with Gasteiger partial charge in [0.2, 0.25) is 5.91 Å². The molecule has 0 saturated carbocycles. The molecule has 1 aromatic carbocycles. The van der Waals surface area contributed by atoms with Crippen LogP contribution in [0.5, 0.6) is 0 Å². The van der Waals surface area contributed by atoms with Crippen molar-refractivity contribution in [3.63, 3.8) is 0 Å². The summed E-state index contributed by atoms with van der Waals surface area (Å²) in [5.74, 6) is -1.60. The van der Waals surface area contributed by atoms with Gasteiger partial charge in [0.1, 0.15) is 6.04 Å². The molecule has 0 aliphatic rings. The maximum absolute atomic E-state index is 13.0. The van der Waals surface area contributed by atoms with Crippen LogP contribution >= 0.6 is 0 Å². The van der Waals surface area contributed by atoms with Crippen molar-refractivity contribution in [1.82, 2.24) is 14.9 Å². The van der Waals surface area contributed by atoms with Gasteiger partial charge in [0.25, 0.3) is 0 Å². The molecule has 1 atom stereocenters. The van der Waals surface area contributed by atoms with Crippen molar-refractivity contribution < 1.29 is 40.7 Å². The predicted molar refractivity (Wildman–Crippen MR) is 96.3 cm³/mol. The van der Waals surface area contributed by atoms with Crippen molar-refractivity contribution in [2.24, 2.45) is 0 Å². The van der Waals surface area contributed by atoms with E-state index in [1.807, 2.05) is 0 Å². The maximum atomic E-state index is 13.0. The van der Waals surface area contributed by atoms with E-state index in [2.05, 4.69) is 14.7 Å². The number of benzene rings is 1. The molecule has 1 amide bonds. The Hall–Kier alpha value is -3.31. The van der Waals surface area contributed by atoms with E-state index in [1.54, 1.807) is 0 Å². The van der Waals surface area contributed by atoms with Gasteiger partial charge in [0.05, 0.1) is 24.6 Å². The molecule has 1 aromatic heterocycles. The van der Waals surface area contributed by atoms with Crippen molar-refractivity contribution in [3.05, 3.63) is 59.2 Å². The van der Waals surface area contributed by atoms with Gasteiger partial charge in [-0.05, 0) is 29.8 Å². The highest BCUT2D eigenvalue weighted by atomic mass is 19.4. The highest BCUT2D eigenvalue weighted by Crippen LogP contribution is 2.36. The molecule has 1 N–H and O–H groups in total. The summed E-state index contributed by atoms with van der Waals surface area (Å²) in [7, 11) is 2.36. The molecule has 2 rings (SSSR count). The number of amides is 1. The lowest BCUT2D eigenvalue weighted by atomic mass is 10.0. The number of alkyl halides is 6. The van der Waals surface area contributed by atoms with Crippen molar-refractivity contribution in [2.45, 2.75) is 24.8 Å². The first-order valence-corrected chi connectivity index (χ1v) is 8.62. The number of esters is 1. The van der Waals surface area contributed by atoms with Crippen LogP contribution in [0.4, 0.5) is 26.3 Å². The van der Waals surface area contributed by atoms with Gasteiger partial charge < -0.3 is 14.6 Å². The molecule has 0 radical (unpaired) electrons. The normalized spacial score (nSPS) is 13.3. The SMILES string of the molecule is COC(=O)[C@H](Cc1cnc[nH]1)N(C)C(=O)C=Cc1cc(C(F)(F)F)cc(C(F)(F)F)c1. The third kappa shape index (κ3) is 6.33. The summed E-state index contributed by atoms with van der Waals surface area (Å²) in [5, 5.41) is 0. The molecule has 0 aliphatic carbocycles. The van der Waals surface area contributed by atoms with Gasteiger partial charge in [-0.15, -0.1) is 0 Å². The summed E-state index contributed by atoms with van der Waals surface area (Å²) in [6.07, 6.45) is -5.64. The Morgan fingerprint density at radius 1 is 1.13 bits per heavy atom. The van der Waals surface area contributed by atoms with E-state index in [9.17, 15) is 35.9 Å². The zero-order valence-corrected chi connectivity index (χ0v) is 16.2. The van der Waals surface area contributed by atoms with Crippen molar-refractivity contribution in [2.75, 3.05) is 14.2 Å². The smallest absolute Gasteiger partial charge is 0.416 e. The summed E-state index contributed by atoms with van der Waals surface area (Å²) in [6, 6.07) is -0.138. The Kier molecular flexibility index (Phi) is 7.13. The fourth-order valence-electron chi connectivity index (χ4n) is 2.63. The van der Waals surface area contributed by atoms with Gasteiger partial charge >= 0.3 is 18.3 Å². The number of halogens is 6. The van der Waals surface area contributed by atoms with Crippen LogP contribution in [0, 0.1) is 0 Å². The molecule has 12 heteroatoms. The number of hydrogen-bond donors (Lipinski definition) is 1. The van der Waals surface area contributed by atoms with Gasteiger partial charge in [-0.25, -0.2) is 9.78 Å². The van der Waals surface area contributed by atoms with Gasteiger partial charge in [0.15, 0.2) is 0 Å². The number of H-pyrrole nitrogens is 1. The largest absolute Gasteiger partial charge is 0.467 e. The Bertz CT molecular complexity index is 920. The third-order valence-electron chi connectivity index (χ3n) is 4.28. The minimum absolute atomic E-state index is 0.00450. The van der Waals surface area contributed by atoms with Gasteiger partial charge in [0, 0.05) is 31.4 Å². The molecule has 31 heavy (non-hydrogen) atoms. The van der Waals surface area contributed by atoms with Gasteiger partial charge in [-0.1, -0.05) is 0 Å². The number of aromatic nitrogens is 2. The standard InChI is InChI=1S/C19H17F6N3O3/c1-28(15(17(30)31-2)8-14-9-26-10-27-14)16(29)4-3-11-5-12(18(20,21)22)7-13(6-11)19(23,24)25/h3-7,9-10,15H,8H2,1-2H3,(H,26,27)/t15-/m0/s1. The van der Waals surface area contributed by atoms with Crippen LogP contribution in [-0.4, -0.2) is 46.9 Å². The number of imidazole rings is 1. The molecule has 0 aliphatic heterocycles. The van der Waals surface area contributed by atoms with Crippen molar-refractivity contribution in [1.29, 1.82) is 0 Å². The number of nitrogens with zero attached hydrogens (tertiary/aromatic N) is 2. The minimum atomic E-state index is -5.01. The van der Waals surface area contributed by atoms with Gasteiger partial charge in [-0.3, -0.25) is 4.79 Å². The zero-order chi connectivity index (χ0) is 23.4. The molecule has 0 saturated heterocycles. The number of aromatic amines is 1. The number of methoxy groups -OCH3 is 1. The molecule has 0 bridgehead atoms. The maximum Gasteiger partial charge on any atom is 0.416 e. The lowest BCUT2D eigenvalue weighted by Crippen LogP contribution is -2.43. The summed E-state index contributed by atoms with van der Waals surface area (Å²) >= 11 is 0. The molecule has 0 spiro atoms. The molecule has 2 aromatic rings. The second-order valence-corrected chi connectivity index (χ2v) is 6.44. The van der Waals surface area contributed by atoms with E-state index in [0.717, 1.165) is 24.2 Å². The minimum Gasteiger partial charge on any atom is -0.467 e. The molecule has 6 nitrogen and oxygen atoms in total. The first kappa shape index (κ1) is 24.0. The highest BCUT2D eigenvalue weighted by molar-refractivity contribution is 5.94. The molecule has 0 fully saturated rings. The molecular formula is C19H17F6N3O3. The Balaban J connectivity index is 2.30. The summed E-state index contributed by atoms with van der Waals surface area (Å²) in [6.45, 7) is 0. The predicted octanol–water partition coefficient (Wildman–Crippen LogP) is 3.70. The summed E-state index contributed by atoms with van der Waals surface area (Å²) in [4.78, 5) is 32.0. The number of carbonyl (C=O) groups is 2. The lowest BCUT2D eigenvalue weighted by Gasteiger charge is -2.24. The summed E-state index contributed by atoms with van der Waals surface area (Å²) in [5.41, 5.74) is -2.98. The van der Waals surface area contributed by atoms with Crippen molar-refractivity contribution >= 4 is 18.0 Å². The number of likely N-dealkylation sites (N-methyl/N-ethyl adjacent to an activating group) is 1. The Morgan fingerprint density at radius 3 is 2.16 bits per heavy atom. The number of nitrogens with one attached hydrogen (secondary N) is 1. The molecule has 168 valence electrons. The topological polar surface area (TPSA) is 75.3 Å².